The Morgan fingerprint density at radius 2 is 2.05 bits per heavy atom. The van der Waals surface area contributed by atoms with Crippen molar-refractivity contribution in [1.82, 2.24) is 14.9 Å². The number of aromatic nitrogens is 2. The maximum atomic E-state index is 14.4. The maximum Gasteiger partial charge on any atom is 1.00 e. The van der Waals surface area contributed by atoms with E-state index in [-0.39, 0.29) is 36.5 Å². The fraction of sp³-hybridized carbons (Fsp3) is 0.667. The smallest absolute Gasteiger partial charge is 1.00 e. The molecule has 2 aromatic rings. The van der Waals surface area contributed by atoms with Crippen LogP contribution in [0.2, 0.25) is 0 Å². The summed E-state index contributed by atoms with van der Waals surface area (Å²) in [7, 11) is 0. The Labute approximate surface area is 268 Å². The van der Waals surface area contributed by atoms with Crippen molar-refractivity contribution in [3.05, 3.63) is 45.1 Å². The molecule has 7 rings (SSSR count). The first-order chi connectivity index (χ1) is 18.7. The summed E-state index contributed by atoms with van der Waals surface area (Å²) < 4.78 is 28.6. The van der Waals surface area contributed by atoms with Crippen LogP contribution in [-0.2, 0) is 29.8 Å². The van der Waals surface area contributed by atoms with Crippen LogP contribution in [0.3, 0.4) is 0 Å². The van der Waals surface area contributed by atoms with Gasteiger partial charge in [-0.15, -0.1) is 0 Å². The number of aliphatic hydroxyl groups is 1. The van der Waals surface area contributed by atoms with Crippen molar-refractivity contribution in [2.75, 3.05) is 37.7 Å². The monoisotopic (exact) mass is 624 g/mol. The number of aryl methyl sites for hydroxylation is 1. The van der Waals surface area contributed by atoms with Crippen LogP contribution in [0.4, 0.5) is 10.2 Å². The Hall–Kier alpha value is -0.810. The number of hydrogen-bond donors (Lipinski definition) is 1. The van der Waals surface area contributed by atoms with E-state index in [9.17, 15) is 9.50 Å². The second kappa shape index (κ2) is 11.0. The second-order valence-electron chi connectivity index (χ2n) is 12.8. The van der Waals surface area contributed by atoms with Gasteiger partial charge in [0.25, 0.3) is 0 Å². The summed E-state index contributed by atoms with van der Waals surface area (Å²) in [5.74, 6) is 0.811. The number of hydrogen-bond acceptors (Lipinski definition) is 7. The van der Waals surface area contributed by atoms with Crippen molar-refractivity contribution < 1.29 is 50.0 Å². The number of anilines is 1. The summed E-state index contributed by atoms with van der Waals surface area (Å²) in [6.45, 7) is 5.49. The summed E-state index contributed by atoms with van der Waals surface area (Å²) in [4.78, 5) is 14.4. The first kappa shape index (κ1) is 29.3. The third-order valence-electron chi connectivity index (χ3n) is 9.79. The van der Waals surface area contributed by atoms with Crippen LogP contribution in [0.25, 0.3) is 0 Å². The van der Waals surface area contributed by atoms with Crippen molar-refractivity contribution in [1.29, 1.82) is 0 Å². The van der Waals surface area contributed by atoms with E-state index in [4.69, 9.17) is 19.4 Å². The molecule has 10 heteroatoms. The number of halogens is 2. The molecule has 1 unspecified atom stereocenters. The van der Waals surface area contributed by atoms with Crippen LogP contribution < -0.4 is 39.2 Å². The predicted octanol–water partition coefficient (Wildman–Crippen LogP) is 1.97. The van der Waals surface area contributed by atoms with Gasteiger partial charge in [0, 0.05) is 42.5 Å². The van der Waals surface area contributed by atoms with Gasteiger partial charge in [0.1, 0.15) is 18.6 Å². The molecule has 1 aliphatic carbocycles. The van der Waals surface area contributed by atoms with Gasteiger partial charge < -0.3 is 20.9 Å². The van der Waals surface area contributed by atoms with Gasteiger partial charge in [0.15, 0.2) is 0 Å². The first-order valence-corrected chi connectivity index (χ1v) is 15.4. The molecule has 3 saturated heterocycles. The van der Waals surface area contributed by atoms with Gasteiger partial charge in [-0.05, 0) is 81.7 Å². The second-order valence-corrected chi connectivity index (χ2v) is 13.7. The number of alkyl halides is 1. The molecular formula is C30H39BrFN4NaO3. The Bertz CT molecular complexity index is 1290. The van der Waals surface area contributed by atoms with Crippen LogP contribution in [0.1, 0.15) is 75.7 Å². The van der Waals surface area contributed by atoms with Gasteiger partial charge in [0.2, 0.25) is 0 Å². The minimum absolute atomic E-state index is 0. The molecule has 3 fully saturated rings. The minimum Gasteiger partial charge on any atom is -1.00 e. The van der Waals surface area contributed by atoms with Crippen molar-refractivity contribution in [3.63, 3.8) is 0 Å². The van der Waals surface area contributed by atoms with Gasteiger partial charge in [-0.2, -0.15) is 9.97 Å². The first-order valence-electron chi connectivity index (χ1n) is 14.6. The zero-order chi connectivity index (χ0) is 26.8. The van der Waals surface area contributed by atoms with Gasteiger partial charge in [0.05, 0.1) is 29.0 Å². The van der Waals surface area contributed by atoms with E-state index in [0.717, 1.165) is 79.6 Å². The molecule has 0 amide bonds. The number of ether oxygens (including phenoxy) is 2. The third-order valence-corrected chi connectivity index (χ3v) is 10.3. The summed E-state index contributed by atoms with van der Waals surface area (Å²) in [6, 6.07) is 6.89. The molecule has 0 saturated carbocycles. The third kappa shape index (κ3) is 5.26. The minimum atomic E-state index is -0.799. The van der Waals surface area contributed by atoms with Gasteiger partial charge in [-0.1, -0.05) is 22.0 Å². The molecule has 0 radical (unpaired) electrons. The average Bonchev–Trinajstić information content (AvgIpc) is 3.42. The standard InChI is InChI=1S/C30H38BrFN4O3.Na.H/c1-28(37)8-3-11-35(18-28)26-23-17-39-30(10-2-5-20-6-7-21(31)13-24(20)30)15-25(23)33-27(34-26)38-19-29-9-4-12-36(29)16-22(32)14-29;;/h6-7,13,22,37H,2-5,8-12,14-19H2,1H3;;/q;+1;-1/t22-,28-,29+,30?;;/m1../s1. The molecule has 212 valence electrons. The van der Waals surface area contributed by atoms with Crippen LogP contribution in [0, 0.1) is 0 Å². The number of rotatable bonds is 4. The van der Waals surface area contributed by atoms with Crippen molar-refractivity contribution in [3.8, 4) is 6.01 Å². The molecule has 40 heavy (non-hydrogen) atoms. The summed E-state index contributed by atoms with van der Waals surface area (Å²) in [5, 5.41) is 10.9. The molecule has 4 aliphatic heterocycles. The number of nitrogens with zero attached hydrogens (tertiary/aromatic N) is 4. The van der Waals surface area contributed by atoms with Crippen molar-refractivity contribution >= 4 is 21.7 Å². The Morgan fingerprint density at radius 1 is 1.20 bits per heavy atom. The van der Waals surface area contributed by atoms with Crippen molar-refractivity contribution in [2.45, 2.75) is 94.2 Å². The van der Waals surface area contributed by atoms with E-state index in [1.165, 1.54) is 11.1 Å². The van der Waals surface area contributed by atoms with Crippen LogP contribution in [-0.4, -0.2) is 70.1 Å². The fourth-order valence-electron chi connectivity index (χ4n) is 7.92. The normalized spacial score (nSPS) is 33.3. The van der Waals surface area contributed by atoms with Gasteiger partial charge in [-0.3, -0.25) is 4.90 Å². The molecular weight excluding hydrogens is 586 g/mol. The van der Waals surface area contributed by atoms with E-state index < -0.39 is 17.4 Å². The molecule has 7 nitrogen and oxygen atoms in total. The van der Waals surface area contributed by atoms with Crippen LogP contribution in [0.5, 0.6) is 6.01 Å². The number of piperidine rings is 1. The molecule has 5 aliphatic rings. The number of β-amino-alcohol motifs (C(OH)–C–C–N with tert-alkyl or cyclic N) is 1. The zero-order valence-electron chi connectivity index (χ0n) is 24.7. The summed E-state index contributed by atoms with van der Waals surface area (Å²) in [6.07, 6.45) is 7.13. The predicted molar refractivity (Wildman–Crippen MR) is 151 cm³/mol. The molecule has 1 spiro atoms. The molecule has 5 heterocycles. The number of fused-ring (bicyclic) bond motifs is 4. The Morgan fingerprint density at radius 3 is 2.90 bits per heavy atom. The summed E-state index contributed by atoms with van der Waals surface area (Å²) in [5.41, 5.74) is 3.10. The SMILES string of the molecule is C[C@@]1(O)CCCN(c2nc(OC[C@@]34CCCN3C[C@H](F)C4)nc3c2COC2(CCCc4ccc(Br)cc42)C3)C1.[H-].[Na+]. The van der Waals surface area contributed by atoms with E-state index >= 15 is 0 Å². The van der Waals surface area contributed by atoms with Gasteiger partial charge in [-0.25, -0.2) is 4.39 Å². The average molecular weight is 626 g/mol. The molecule has 1 aromatic heterocycles. The topological polar surface area (TPSA) is 71.0 Å². The van der Waals surface area contributed by atoms with E-state index in [2.05, 4.69) is 43.9 Å². The van der Waals surface area contributed by atoms with Crippen LogP contribution in [0.15, 0.2) is 22.7 Å². The van der Waals surface area contributed by atoms with E-state index in [1.54, 1.807) is 0 Å². The van der Waals surface area contributed by atoms with E-state index in [0.29, 0.717) is 45.2 Å². The molecule has 4 atom stereocenters. The molecule has 1 N–H and O–H groups in total. The number of benzene rings is 1. The largest absolute Gasteiger partial charge is 1.00 e. The van der Waals surface area contributed by atoms with Gasteiger partial charge >= 0.3 is 35.6 Å². The Balaban J connectivity index is 0.00000169. The fourth-order valence-corrected chi connectivity index (χ4v) is 8.28. The molecule has 1 aromatic carbocycles. The van der Waals surface area contributed by atoms with E-state index in [1.807, 2.05) is 6.92 Å². The quantitative estimate of drug-likeness (QED) is 0.522. The summed E-state index contributed by atoms with van der Waals surface area (Å²) >= 11 is 3.67. The molecule has 0 bridgehead atoms. The van der Waals surface area contributed by atoms with Crippen LogP contribution >= 0.6 is 15.9 Å². The maximum absolute atomic E-state index is 14.4. The van der Waals surface area contributed by atoms with Crippen molar-refractivity contribution in [2.24, 2.45) is 0 Å². The zero-order valence-corrected chi connectivity index (χ0v) is 27.3. The Kier molecular flexibility index (Phi) is 8.07.